The lowest BCUT2D eigenvalue weighted by atomic mass is 10.0. The molecular weight excluding hydrogens is 276 g/mol. The Balaban J connectivity index is 2.90. The second-order valence-electron chi connectivity index (χ2n) is 3.70. The van der Waals surface area contributed by atoms with Crippen LogP contribution in [0.15, 0.2) is 12.1 Å². The van der Waals surface area contributed by atoms with E-state index in [-0.39, 0.29) is 6.42 Å². The van der Waals surface area contributed by atoms with Crippen molar-refractivity contribution in [3.8, 4) is 0 Å². The Hall–Kier alpha value is -1.30. The number of alkyl halides is 2. The highest BCUT2D eigenvalue weighted by Gasteiger charge is 2.34. The van der Waals surface area contributed by atoms with E-state index in [1.54, 1.807) is 0 Å². The molecule has 0 aromatic heterocycles. The molecule has 0 fully saturated rings. The van der Waals surface area contributed by atoms with Crippen LogP contribution in [0.2, 0.25) is 5.02 Å². The second kappa shape index (κ2) is 5.56. The fourth-order valence-electron chi connectivity index (χ4n) is 1.40. The molecule has 0 aliphatic carbocycles. The lowest BCUT2D eigenvalue weighted by Gasteiger charge is -2.17. The van der Waals surface area contributed by atoms with Crippen molar-refractivity contribution in [2.75, 3.05) is 0 Å². The average molecular weight is 285 g/mol. The summed E-state index contributed by atoms with van der Waals surface area (Å²) in [5, 5.41) is 7.75. The molecule has 0 atom stereocenters. The first kappa shape index (κ1) is 14.8. The van der Waals surface area contributed by atoms with Crippen LogP contribution in [0.25, 0.3) is 0 Å². The lowest BCUT2D eigenvalue weighted by molar-refractivity contribution is -0.137. The van der Waals surface area contributed by atoms with Crippen LogP contribution in [-0.4, -0.2) is 11.1 Å². The molecule has 0 aliphatic heterocycles. The van der Waals surface area contributed by atoms with Gasteiger partial charge in [-0.25, -0.2) is 17.6 Å². The highest BCUT2D eigenvalue weighted by Crippen LogP contribution is 2.38. The number of hydrogen-bond acceptors (Lipinski definition) is 1. The van der Waals surface area contributed by atoms with Crippen LogP contribution >= 0.6 is 11.6 Å². The first-order valence-electron chi connectivity index (χ1n) is 4.98. The van der Waals surface area contributed by atoms with Gasteiger partial charge in [0.1, 0.15) is 0 Å². The Morgan fingerprint density at radius 2 is 1.83 bits per heavy atom. The van der Waals surface area contributed by atoms with Crippen molar-refractivity contribution in [3.63, 3.8) is 0 Å². The number of aliphatic carboxylic acids is 1. The van der Waals surface area contributed by atoms with Crippen molar-refractivity contribution >= 4 is 17.6 Å². The third-order valence-corrected chi connectivity index (χ3v) is 2.60. The number of hydrogen-bond donors (Lipinski definition) is 1. The molecule has 0 radical (unpaired) electrons. The van der Waals surface area contributed by atoms with Crippen molar-refractivity contribution in [2.24, 2.45) is 0 Å². The first-order valence-corrected chi connectivity index (χ1v) is 5.36. The Labute approximate surface area is 105 Å². The zero-order valence-electron chi connectivity index (χ0n) is 9.02. The molecule has 0 saturated carbocycles. The largest absolute Gasteiger partial charge is 0.481 e. The van der Waals surface area contributed by atoms with Crippen molar-refractivity contribution in [1.82, 2.24) is 0 Å². The van der Waals surface area contributed by atoms with E-state index in [4.69, 9.17) is 16.7 Å². The average Bonchev–Trinajstić information content (AvgIpc) is 2.22. The van der Waals surface area contributed by atoms with Gasteiger partial charge in [0.15, 0.2) is 11.6 Å². The van der Waals surface area contributed by atoms with Crippen LogP contribution in [0.4, 0.5) is 17.6 Å². The van der Waals surface area contributed by atoms with Gasteiger partial charge in [0.05, 0.1) is 5.02 Å². The Morgan fingerprint density at radius 3 is 2.39 bits per heavy atom. The summed E-state index contributed by atoms with van der Waals surface area (Å²) in [5.74, 6) is -7.44. The van der Waals surface area contributed by atoms with E-state index in [1.165, 1.54) is 0 Å². The summed E-state index contributed by atoms with van der Waals surface area (Å²) >= 11 is 5.42. The van der Waals surface area contributed by atoms with Crippen LogP contribution < -0.4 is 0 Å². The van der Waals surface area contributed by atoms with Gasteiger partial charge in [-0.1, -0.05) is 11.6 Å². The molecule has 7 heteroatoms. The van der Waals surface area contributed by atoms with E-state index < -0.39 is 47.0 Å². The number of carbonyl (C=O) groups is 1. The molecule has 0 saturated heterocycles. The Morgan fingerprint density at radius 1 is 1.28 bits per heavy atom. The van der Waals surface area contributed by atoms with Crippen LogP contribution in [-0.2, 0) is 10.7 Å². The van der Waals surface area contributed by atoms with Gasteiger partial charge < -0.3 is 5.11 Å². The third kappa shape index (κ3) is 3.60. The molecule has 2 nitrogen and oxygen atoms in total. The summed E-state index contributed by atoms with van der Waals surface area (Å²) in [6.45, 7) is 0. The maximum absolute atomic E-state index is 13.6. The van der Waals surface area contributed by atoms with Gasteiger partial charge in [0, 0.05) is 18.4 Å². The fourth-order valence-corrected chi connectivity index (χ4v) is 1.69. The van der Waals surface area contributed by atoms with Gasteiger partial charge in [-0.05, 0) is 18.6 Å². The molecule has 100 valence electrons. The van der Waals surface area contributed by atoms with Gasteiger partial charge >= 0.3 is 5.97 Å². The van der Waals surface area contributed by atoms with E-state index in [0.717, 1.165) is 0 Å². The molecule has 0 heterocycles. The second-order valence-corrected chi connectivity index (χ2v) is 4.11. The molecule has 18 heavy (non-hydrogen) atoms. The number of benzene rings is 1. The minimum absolute atomic E-state index is 0.294. The van der Waals surface area contributed by atoms with E-state index >= 15 is 0 Å². The summed E-state index contributed by atoms with van der Waals surface area (Å²) in [5.41, 5.74) is -0.839. The smallest absolute Gasteiger partial charge is 0.303 e. The van der Waals surface area contributed by atoms with E-state index in [0.29, 0.717) is 12.1 Å². The van der Waals surface area contributed by atoms with Crippen LogP contribution in [0.1, 0.15) is 24.8 Å². The minimum atomic E-state index is -3.50. The van der Waals surface area contributed by atoms with E-state index in [1.807, 2.05) is 0 Å². The maximum atomic E-state index is 13.6. The van der Waals surface area contributed by atoms with Gasteiger partial charge in [-0.2, -0.15) is 0 Å². The quantitative estimate of drug-likeness (QED) is 0.656. The summed E-state index contributed by atoms with van der Waals surface area (Å²) < 4.78 is 52.8. The SMILES string of the molecule is O=C(O)CCCC(F)(F)c1cc(F)c(F)cc1Cl. The van der Waals surface area contributed by atoms with Crippen molar-refractivity contribution in [2.45, 2.75) is 25.2 Å². The van der Waals surface area contributed by atoms with E-state index in [2.05, 4.69) is 0 Å². The molecule has 0 spiro atoms. The van der Waals surface area contributed by atoms with Crippen LogP contribution in [0, 0.1) is 11.6 Å². The zero-order chi connectivity index (χ0) is 13.9. The van der Waals surface area contributed by atoms with Gasteiger partial charge in [-0.3, -0.25) is 4.79 Å². The van der Waals surface area contributed by atoms with Gasteiger partial charge in [-0.15, -0.1) is 0 Å². The molecule has 1 aromatic carbocycles. The monoisotopic (exact) mass is 284 g/mol. The summed E-state index contributed by atoms with van der Waals surface area (Å²) in [7, 11) is 0. The first-order chi connectivity index (χ1) is 8.24. The molecule has 0 unspecified atom stereocenters. The predicted octanol–water partition coefficient (Wildman–Crippen LogP) is 3.96. The Bertz CT molecular complexity index is 463. The highest BCUT2D eigenvalue weighted by atomic mass is 35.5. The van der Waals surface area contributed by atoms with Crippen LogP contribution in [0.3, 0.4) is 0 Å². The van der Waals surface area contributed by atoms with Crippen molar-refractivity contribution < 1.29 is 27.5 Å². The predicted molar refractivity (Wildman–Crippen MR) is 56.7 cm³/mol. The minimum Gasteiger partial charge on any atom is -0.481 e. The summed E-state index contributed by atoms with van der Waals surface area (Å²) in [6, 6.07) is 0.801. The molecule has 0 amide bonds. The molecule has 1 rings (SSSR count). The highest BCUT2D eigenvalue weighted by molar-refractivity contribution is 6.31. The van der Waals surface area contributed by atoms with Crippen LogP contribution in [0.5, 0.6) is 0 Å². The van der Waals surface area contributed by atoms with Gasteiger partial charge in [0.25, 0.3) is 5.92 Å². The normalized spacial score (nSPS) is 11.6. The third-order valence-electron chi connectivity index (χ3n) is 2.29. The maximum Gasteiger partial charge on any atom is 0.303 e. The topological polar surface area (TPSA) is 37.3 Å². The summed E-state index contributed by atoms with van der Waals surface area (Å²) in [4.78, 5) is 10.2. The summed E-state index contributed by atoms with van der Waals surface area (Å²) in [6.07, 6.45) is -1.53. The number of rotatable bonds is 5. The van der Waals surface area contributed by atoms with Crippen molar-refractivity contribution in [3.05, 3.63) is 34.4 Å². The Kier molecular flexibility index (Phi) is 4.56. The van der Waals surface area contributed by atoms with E-state index in [9.17, 15) is 22.4 Å². The number of carboxylic acid groups (broad SMARTS) is 1. The fraction of sp³-hybridized carbons (Fsp3) is 0.364. The number of halogens is 5. The zero-order valence-corrected chi connectivity index (χ0v) is 9.78. The molecule has 1 N–H and O–H groups in total. The van der Waals surface area contributed by atoms with Crippen molar-refractivity contribution in [1.29, 1.82) is 0 Å². The standard InChI is InChI=1S/C11H9ClF4O2/c12-7-5-9(14)8(13)4-6(7)11(15,16)3-1-2-10(17)18/h4-5H,1-3H2,(H,17,18). The lowest BCUT2D eigenvalue weighted by Crippen LogP contribution is -2.15. The molecular formula is C11H9ClF4O2. The van der Waals surface area contributed by atoms with Gasteiger partial charge in [0.2, 0.25) is 0 Å². The molecule has 0 bridgehead atoms. The molecule has 0 aliphatic rings. The number of carboxylic acids is 1. The molecule has 1 aromatic rings.